The Balaban J connectivity index is 1.60. The second kappa shape index (κ2) is 8.72. The summed E-state index contributed by atoms with van der Waals surface area (Å²) in [4.78, 5) is 38.3. The molecule has 1 aliphatic heterocycles. The number of imide groups is 1. The second-order valence-corrected chi connectivity index (χ2v) is 8.54. The number of halogens is 1. The van der Waals surface area contributed by atoms with E-state index in [4.69, 9.17) is 16.0 Å². The summed E-state index contributed by atoms with van der Waals surface area (Å²) in [5, 5.41) is 0.211. The lowest BCUT2D eigenvalue weighted by atomic mass is 10.2. The normalized spacial score (nSPS) is 15.1. The number of para-hydroxylation sites is 1. The van der Waals surface area contributed by atoms with Crippen LogP contribution in [0, 0.1) is 13.8 Å². The molecule has 0 N–H and O–H groups in total. The summed E-state index contributed by atoms with van der Waals surface area (Å²) in [6.07, 6.45) is 1.71. The van der Waals surface area contributed by atoms with E-state index in [0.717, 1.165) is 39.3 Å². The minimum Gasteiger partial charge on any atom is -0.463 e. The van der Waals surface area contributed by atoms with Gasteiger partial charge in [0.05, 0.1) is 29.3 Å². The molecule has 7 nitrogen and oxygen atoms in total. The molecule has 32 heavy (non-hydrogen) atoms. The Hall–Kier alpha value is -3.23. The molecule has 1 aromatic carbocycles. The van der Waals surface area contributed by atoms with Crippen LogP contribution in [0.25, 0.3) is 11.8 Å². The third-order valence-corrected chi connectivity index (χ3v) is 6.31. The Morgan fingerprint density at radius 3 is 2.66 bits per heavy atom. The van der Waals surface area contributed by atoms with Crippen LogP contribution in [0.2, 0.25) is 5.02 Å². The molecule has 0 unspecified atom stereocenters. The van der Waals surface area contributed by atoms with Gasteiger partial charge in [0.15, 0.2) is 0 Å². The zero-order chi connectivity index (χ0) is 23.0. The number of benzene rings is 1. The summed E-state index contributed by atoms with van der Waals surface area (Å²) in [7, 11) is 1.24. The molecule has 1 fully saturated rings. The number of nitrogens with zero attached hydrogens (tertiary/aromatic N) is 2. The molecule has 2 amide bonds. The molecule has 2 aromatic heterocycles. The van der Waals surface area contributed by atoms with Gasteiger partial charge in [-0.25, -0.2) is 4.79 Å². The minimum atomic E-state index is -0.626. The predicted octanol–water partition coefficient (Wildman–Crippen LogP) is 5.36. The van der Waals surface area contributed by atoms with Crippen LogP contribution < -0.4 is 0 Å². The van der Waals surface area contributed by atoms with Gasteiger partial charge in [0.1, 0.15) is 5.76 Å². The molecule has 0 bridgehead atoms. The SMILES string of the molecule is COC(=O)c1ccc(CN2C(=O)S/C(=C/c3cc(C)n(-c4ccccc4Cl)c3C)C2=O)o1. The van der Waals surface area contributed by atoms with Crippen molar-refractivity contribution in [2.45, 2.75) is 20.4 Å². The summed E-state index contributed by atoms with van der Waals surface area (Å²) < 4.78 is 12.0. The average molecular weight is 471 g/mol. The van der Waals surface area contributed by atoms with Crippen LogP contribution in [0.15, 0.2) is 51.8 Å². The van der Waals surface area contributed by atoms with E-state index >= 15 is 0 Å². The zero-order valence-electron chi connectivity index (χ0n) is 17.5. The molecule has 0 saturated carbocycles. The molecule has 0 radical (unpaired) electrons. The third kappa shape index (κ3) is 3.99. The highest BCUT2D eigenvalue weighted by atomic mass is 35.5. The lowest BCUT2D eigenvalue weighted by Crippen LogP contribution is -2.27. The lowest BCUT2D eigenvalue weighted by molar-refractivity contribution is -0.123. The van der Waals surface area contributed by atoms with Crippen molar-refractivity contribution in [3.8, 4) is 5.69 Å². The molecule has 4 rings (SSSR count). The number of ether oxygens (including phenoxy) is 1. The molecule has 0 atom stereocenters. The molecule has 1 saturated heterocycles. The van der Waals surface area contributed by atoms with Crippen molar-refractivity contribution in [1.29, 1.82) is 0 Å². The molecule has 9 heteroatoms. The van der Waals surface area contributed by atoms with Crippen molar-refractivity contribution in [2.75, 3.05) is 7.11 Å². The summed E-state index contributed by atoms with van der Waals surface area (Å²) in [5.74, 6) is -0.722. The average Bonchev–Trinajstić information content (AvgIpc) is 3.42. The van der Waals surface area contributed by atoms with E-state index < -0.39 is 17.1 Å². The zero-order valence-corrected chi connectivity index (χ0v) is 19.1. The van der Waals surface area contributed by atoms with Crippen molar-refractivity contribution >= 4 is 46.6 Å². The van der Waals surface area contributed by atoms with Gasteiger partial charge in [-0.15, -0.1) is 0 Å². The van der Waals surface area contributed by atoms with Gasteiger partial charge in [-0.1, -0.05) is 23.7 Å². The standard InChI is InChI=1S/C23H19ClN2O5S/c1-13-10-15(14(2)26(13)18-7-5-4-6-17(18)24)11-20-21(27)25(23(29)32-20)12-16-8-9-19(31-16)22(28)30-3/h4-11H,12H2,1-3H3/b20-11+. The Labute approximate surface area is 193 Å². The molecule has 3 heterocycles. The first-order valence-electron chi connectivity index (χ1n) is 9.66. The van der Waals surface area contributed by atoms with E-state index in [2.05, 4.69) is 4.74 Å². The minimum absolute atomic E-state index is 0.0111. The Morgan fingerprint density at radius 1 is 1.19 bits per heavy atom. The van der Waals surface area contributed by atoms with Gasteiger partial charge in [0, 0.05) is 11.4 Å². The van der Waals surface area contributed by atoms with Crippen LogP contribution in [0.5, 0.6) is 0 Å². The molecule has 1 aliphatic rings. The number of hydrogen-bond donors (Lipinski definition) is 0. The van der Waals surface area contributed by atoms with E-state index in [1.807, 2.05) is 48.7 Å². The number of esters is 1. The van der Waals surface area contributed by atoms with E-state index in [1.54, 1.807) is 6.08 Å². The van der Waals surface area contributed by atoms with Crippen LogP contribution in [0.4, 0.5) is 4.79 Å². The van der Waals surface area contributed by atoms with Gasteiger partial charge in [-0.05, 0) is 67.6 Å². The van der Waals surface area contributed by atoms with Crippen molar-refractivity contribution in [3.63, 3.8) is 0 Å². The first-order chi connectivity index (χ1) is 15.3. The van der Waals surface area contributed by atoms with Crippen molar-refractivity contribution < 1.29 is 23.5 Å². The first kappa shape index (κ1) is 22.0. The fourth-order valence-electron chi connectivity index (χ4n) is 3.54. The van der Waals surface area contributed by atoms with E-state index in [9.17, 15) is 14.4 Å². The van der Waals surface area contributed by atoms with E-state index in [-0.39, 0.29) is 12.3 Å². The van der Waals surface area contributed by atoms with Gasteiger partial charge in [0.25, 0.3) is 11.1 Å². The van der Waals surface area contributed by atoms with E-state index in [1.165, 1.54) is 19.2 Å². The topological polar surface area (TPSA) is 81.8 Å². The first-order valence-corrected chi connectivity index (χ1v) is 10.9. The van der Waals surface area contributed by atoms with Crippen LogP contribution in [-0.2, 0) is 16.1 Å². The van der Waals surface area contributed by atoms with Gasteiger partial charge >= 0.3 is 5.97 Å². The number of carbonyl (C=O) groups excluding carboxylic acids is 3. The van der Waals surface area contributed by atoms with Gasteiger partial charge in [0.2, 0.25) is 5.76 Å². The smallest absolute Gasteiger partial charge is 0.373 e. The fourth-order valence-corrected chi connectivity index (χ4v) is 4.59. The van der Waals surface area contributed by atoms with Gasteiger partial charge < -0.3 is 13.7 Å². The molecular weight excluding hydrogens is 452 g/mol. The van der Waals surface area contributed by atoms with Gasteiger partial charge in [-0.3, -0.25) is 14.5 Å². The fraction of sp³-hybridized carbons (Fsp3) is 0.174. The van der Waals surface area contributed by atoms with Crippen molar-refractivity contribution in [3.05, 3.63) is 80.9 Å². The highest BCUT2D eigenvalue weighted by molar-refractivity contribution is 8.18. The highest BCUT2D eigenvalue weighted by Crippen LogP contribution is 2.35. The molecule has 164 valence electrons. The van der Waals surface area contributed by atoms with Crippen LogP contribution in [0.1, 0.15) is 33.3 Å². The van der Waals surface area contributed by atoms with Gasteiger partial charge in [-0.2, -0.15) is 0 Å². The number of rotatable bonds is 5. The van der Waals surface area contributed by atoms with Crippen LogP contribution in [0.3, 0.4) is 0 Å². The van der Waals surface area contributed by atoms with Crippen LogP contribution >= 0.6 is 23.4 Å². The number of furan rings is 1. The van der Waals surface area contributed by atoms with Crippen molar-refractivity contribution in [1.82, 2.24) is 9.47 Å². The summed E-state index contributed by atoms with van der Waals surface area (Å²) >= 11 is 7.23. The highest BCUT2D eigenvalue weighted by Gasteiger charge is 2.36. The predicted molar refractivity (Wildman–Crippen MR) is 122 cm³/mol. The third-order valence-electron chi connectivity index (χ3n) is 5.09. The summed E-state index contributed by atoms with van der Waals surface area (Å²) in [5.41, 5.74) is 3.51. The maximum Gasteiger partial charge on any atom is 0.373 e. The number of aromatic nitrogens is 1. The molecular formula is C23H19ClN2O5S. The Kier molecular flexibility index (Phi) is 5.99. The summed E-state index contributed by atoms with van der Waals surface area (Å²) in [6, 6.07) is 12.4. The van der Waals surface area contributed by atoms with Crippen molar-refractivity contribution in [2.24, 2.45) is 0 Å². The largest absolute Gasteiger partial charge is 0.463 e. The number of thioether (sulfide) groups is 1. The quantitative estimate of drug-likeness (QED) is 0.368. The Bertz CT molecular complexity index is 1270. The maximum absolute atomic E-state index is 12.9. The van der Waals surface area contributed by atoms with E-state index in [0.29, 0.717) is 15.7 Å². The maximum atomic E-state index is 12.9. The Morgan fingerprint density at radius 2 is 1.94 bits per heavy atom. The molecule has 0 aliphatic carbocycles. The monoisotopic (exact) mass is 470 g/mol. The number of methoxy groups -OCH3 is 1. The van der Waals surface area contributed by atoms with Crippen LogP contribution in [-0.4, -0.2) is 33.7 Å². The number of hydrogen-bond acceptors (Lipinski definition) is 6. The lowest BCUT2D eigenvalue weighted by Gasteiger charge is -2.11. The molecule has 3 aromatic rings. The number of aryl methyl sites for hydroxylation is 1. The summed E-state index contributed by atoms with van der Waals surface area (Å²) in [6.45, 7) is 3.82. The molecule has 0 spiro atoms. The second-order valence-electron chi connectivity index (χ2n) is 7.14. The number of carbonyl (C=O) groups is 3. The number of amides is 2.